The van der Waals surface area contributed by atoms with Crippen molar-refractivity contribution in [3.05, 3.63) is 229 Å². The Labute approximate surface area is 368 Å². The number of nitrogens with one attached hydrogen (secondary N) is 1. The number of nitrogens with zero attached hydrogens (tertiary/aromatic N) is 4. The Balaban J connectivity index is 1.12. The first-order valence-electron chi connectivity index (χ1n) is 21.8. The summed E-state index contributed by atoms with van der Waals surface area (Å²) >= 11 is 0. The maximum atomic E-state index is 7.10. The van der Waals surface area contributed by atoms with Crippen molar-refractivity contribution in [1.82, 2.24) is 14.5 Å². The van der Waals surface area contributed by atoms with E-state index in [1.54, 1.807) is 0 Å². The second-order valence-corrected chi connectivity index (χ2v) is 16.6. The number of para-hydroxylation sites is 3. The van der Waals surface area contributed by atoms with Gasteiger partial charge in [0.05, 0.1) is 27.8 Å². The number of aryl methyl sites for hydroxylation is 1. The van der Waals surface area contributed by atoms with E-state index in [-0.39, 0.29) is 0 Å². The van der Waals surface area contributed by atoms with Crippen molar-refractivity contribution in [2.75, 3.05) is 0 Å². The van der Waals surface area contributed by atoms with Gasteiger partial charge in [0.2, 0.25) is 0 Å². The lowest BCUT2D eigenvalue weighted by Gasteiger charge is -2.26. The molecule has 1 unspecified atom stereocenters. The summed E-state index contributed by atoms with van der Waals surface area (Å²) < 4.78 is 11.9. The molecule has 0 spiro atoms. The van der Waals surface area contributed by atoms with Crippen molar-refractivity contribution in [2.45, 2.75) is 13.1 Å². The van der Waals surface area contributed by atoms with Crippen LogP contribution in [0.1, 0.15) is 28.4 Å². The third-order valence-corrected chi connectivity index (χ3v) is 12.9. The van der Waals surface area contributed by atoms with Crippen molar-refractivity contribution >= 4 is 77.2 Å². The van der Waals surface area contributed by atoms with Crippen LogP contribution in [0.4, 0.5) is 0 Å². The average Bonchev–Trinajstić information content (AvgIpc) is 4.02. The lowest BCUT2D eigenvalue weighted by Crippen LogP contribution is -2.34. The van der Waals surface area contributed by atoms with Crippen molar-refractivity contribution in [3.63, 3.8) is 0 Å². The highest BCUT2D eigenvalue weighted by Gasteiger charge is 2.29. The monoisotopic (exact) mass is 821 g/mol. The second-order valence-electron chi connectivity index (χ2n) is 16.6. The minimum absolute atomic E-state index is 0.448. The van der Waals surface area contributed by atoms with Gasteiger partial charge in [-0.25, -0.2) is 9.98 Å². The highest BCUT2D eigenvalue weighted by atomic mass is 16.3. The third-order valence-electron chi connectivity index (χ3n) is 12.9. The lowest BCUT2D eigenvalue weighted by molar-refractivity contribution is 0.658. The topological polar surface area (TPSA) is 59.8 Å². The van der Waals surface area contributed by atoms with E-state index in [0.717, 1.165) is 78.0 Å². The molecule has 64 heavy (non-hydrogen) atoms. The van der Waals surface area contributed by atoms with Crippen molar-refractivity contribution in [3.8, 4) is 22.5 Å². The lowest BCUT2D eigenvalue weighted by atomic mass is 9.96. The van der Waals surface area contributed by atoms with Gasteiger partial charge in [-0.05, 0) is 78.2 Å². The molecule has 9 aromatic carbocycles. The van der Waals surface area contributed by atoms with Gasteiger partial charge >= 0.3 is 0 Å². The largest absolute Gasteiger partial charge is 0.454 e. The van der Waals surface area contributed by atoms with E-state index in [1.165, 1.54) is 38.2 Å². The van der Waals surface area contributed by atoms with E-state index in [9.17, 15) is 0 Å². The number of furan rings is 1. The van der Waals surface area contributed by atoms with Crippen LogP contribution < -0.4 is 5.32 Å². The predicted octanol–water partition coefficient (Wildman–Crippen LogP) is 14.3. The van der Waals surface area contributed by atoms with Crippen molar-refractivity contribution < 1.29 is 4.42 Å². The Kier molecular flexibility index (Phi) is 8.09. The van der Waals surface area contributed by atoms with Crippen LogP contribution in [-0.2, 0) is 0 Å². The van der Waals surface area contributed by atoms with Crippen LogP contribution in [0.2, 0.25) is 0 Å². The summed E-state index contributed by atoms with van der Waals surface area (Å²) in [6, 6.07) is 72.9. The number of aromatic nitrogens is 2. The minimum Gasteiger partial charge on any atom is -0.454 e. The van der Waals surface area contributed by atoms with Crippen LogP contribution in [0.25, 0.3) is 88.1 Å². The molecule has 0 bridgehead atoms. The fourth-order valence-corrected chi connectivity index (χ4v) is 10.1. The van der Waals surface area contributed by atoms with Gasteiger partial charge in [0, 0.05) is 54.7 Å². The van der Waals surface area contributed by atoms with Crippen LogP contribution in [0.15, 0.2) is 221 Å². The van der Waals surface area contributed by atoms with Gasteiger partial charge in [0.25, 0.3) is 0 Å². The molecule has 0 radical (unpaired) electrons. The van der Waals surface area contributed by atoms with E-state index in [1.807, 2.05) is 42.5 Å². The molecule has 3 aromatic heterocycles. The van der Waals surface area contributed by atoms with Gasteiger partial charge in [0.15, 0.2) is 11.4 Å². The summed E-state index contributed by atoms with van der Waals surface area (Å²) in [5, 5.41) is 10.7. The van der Waals surface area contributed by atoms with Crippen LogP contribution >= 0.6 is 0 Å². The molecule has 1 aliphatic heterocycles. The zero-order chi connectivity index (χ0) is 42.3. The first kappa shape index (κ1) is 36.2. The Morgan fingerprint density at radius 1 is 0.469 bits per heavy atom. The van der Waals surface area contributed by atoms with Gasteiger partial charge in [-0.3, -0.25) is 0 Å². The molecule has 302 valence electrons. The fourth-order valence-electron chi connectivity index (χ4n) is 10.1. The number of fused-ring (bicyclic) bond motifs is 10. The quantitative estimate of drug-likeness (QED) is 0.182. The highest BCUT2D eigenvalue weighted by Crippen LogP contribution is 2.47. The fraction of sp³-hybridized carbons (Fsp3) is 0.0345. The van der Waals surface area contributed by atoms with E-state index in [0.29, 0.717) is 5.84 Å². The number of benzene rings is 9. The maximum Gasteiger partial charge on any atom is 0.159 e. The summed E-state index contributed by atoms with van der Waals surface area (Å²) in [5.41, 5.74) is 14.7. The van der Waals surface area contributed by atoms with Gasteiger partial charge in [-0.1, -0.05) is 152 Å². The molecule has 1 aliphatic rings. The molecule has 0 saturated heterocycles. The summed E-state index contributed by atoms with van der Waals surface area (Å²) in [7, 11) is 0. The first-order chi connectivity index (χ1) is 31.7. The molecule has 13 rings (SSSR count). The minimum atomic E-state index is -0.448. The molecule has 12 aromatic rings. The summed E-state index contributed by atoms with van der Waals surface area (Å²) in [4.78, 5) is 10.5. The summed E-state index contributed by atoms with van der Waals surface area (Å²) in [5.74, 6) is 1.46. The Hall–Kier alpha value is -8.48. The van der Waals surface area contributed by atoms with E-state index in [4.69, 9.17) is 14.4 Å². The number of hydrogen-bond donors (Lipinski definition) is 1. The summed E-state index contributed by atoms with van der Waals surface area (Å²) in [6.07, 6.45) is -0.448. The van der Waals surface area contributed by atoms with Crippen LogP contribution in [0.5, 0.6) is 0 Å². The maximum absolute atomic E-state index is 7.10. The molecule has 0 fully saturated rings. The molecule has 1 atom stereocenters. The molecule has 0 saturated carbocycles. The van der Waals surface area contributed by atoms with Gasteiger partial charge in [0.1, 0.15) is 17.6 Å². The molecular formula is C58H39N5O. The number of rotatable bonds is 6. The van der Waals surface area contributed by atoms with Crippen LogP contribution in [-0.4, -0.2) is 20.8 Å². The highest BCUT2D eigenvalue weighted by molar-refractivity contribution is 6.29. The van der Waals surface area contributed by atoms with Gasteiger partial charge < -0.3 is 18.9 Å². The molecule has 1 N–H and O–H groups in total. The standard InChI is InChI=1S/C58H39N5O/c1-36-34-49(55-54(43-27-15-17-29-50(43)64-55)51(36)58-60-56(38-20-8-3-9-21-38)59-57(61-58)39-22-10-4-11-23-39)63-46-31-30-40(37-18-6-2-7-19-37)35-44(46)53-48(63)33-32-47-52(53)42-26-14-16-28-45(42)62(47)41-24-12-5-13-25-41/h2-35,58H,1H3,(H,59,60,61). The molecule has 6 nitrogen and oxygen atoms in total. The van der Waals surface area contributed by atoms with E-state index < -0.39 is 6.17 Å². The van der Waals surface area contributed by atoms with Crippen LogP contribution in [0.3, 0.4) is 0 Å². The molecule has 0 amide bonds. The smallest absolute Gasteiger partial charge is 0.159 e. The second kappa shape index (κ2) is 14.3. The first-order valence-corrected chi connectivity index (χ1v) is 21.8. The SMILES string of the molecule is Cc1cc(-n2c3ccc(-c4ccccc4)cc3c3c4c5ccccc5n(-c5ccccc5)c4ccc32)c2oc3ccccc3c2c1C1N=C(c2ccccc2)N=C(c2ccccc2)N1. The van der Waals surface area contributed by atoms with Gasteiger partial charge in [-0.15, -0.1) is 0 Å². The third kappa shape index (κ3) is 5.52. The average molecular weight is 822 g/mol. The normalized spacial score (nSPS) is 14.2. The van der Waals surface area contributed by atoms with Gasteiger partial charge in [-0.2, -0.15) is 0 Å². The molecule has 0 aliphatic carbocycles. The molecule has 6 heteroatoms. The van der Waals surface area contributed by atoms with Crippen LogP contribution in [0, 0.1) is 6.92 Å². The molecular weight excluding hydrogens is 783 g/mol. The Bertz CT molecular complexity index is 3860. The van der Waals surface area contributed by atoms with Crippen molar-refractivity contribution in [2.24, 2.45) is 9.98 Å². The van der Waals surface area contributed by atoms with E-state index >= 15 is 0 Å². The summed E-state index contributed by atoms with van der Waals surface area (Å²) in [6.45, 7) is 2.21. The number of aliphatic imine (C=N–C) groups is 2. The zero-order valence-corrected chi connectivity index (χ0v) is 34.9. The molecule has 4 heterocycles. The number of amidine groups is 2. The predicted molar refractivity (Wildman–Crippen MR) is 264 cm³/mol. The zero-order valence-electron chi connectivity index (χ0n) is 34.9. The number of hydrogen-bond acceptors (Lipinski definition) is 4. The van der Waals surface area contributed by atoms with E-state index in [2.05, 4.69) is 185 Å². The Morgan fingerprint density at radius 2 is 1.05 bits per heavy atom. The Morgan fingerprint density at radius 3 is 1.80 bits per heavy atom. The van der Waals surface area contributed by atoms with Crippen molar-refractivity contribution in [1.29, 1.82) is 0 Å².